The molecule has 6 atom stereocenters. The first-order valence-corrected chi connectivity index (χ1v) is 30.7. The van der Waals surface area contributed by atoms with Gasteiger partial charge in [-0.25, -0.2) is 4.79 Å². The third-order valence-electron chi connectivity index (χ3n) is 14.3. The van der Waals surface area contributed by atoms with Gasteiger partial charge in [0.15, 0.2) is 24.6 Å². The van der Waals surface area contributed by atoms with Crippen LogP contribution in [0.15, 0.2) is 12.2 Å². The van der Waals surface area contributed by atoms with Gasteiger partial charge >= 0.3 is 23.9 Å². The van der Waals surface area contributed by atoms with Crippen LogP contribution in [0.5, 0.6) is 0 Å². The molecule has 3 N–H and O–H groups in total. The lowest BCUT2D eigenvalue weighted by Crippen LogP contribution is -2.61. The van der Waals surface area contributed by atoms with Gasteiger partial charge in [0.1, 0.15) is 18.8 Å². The number of allylic oxidation sites excluding steroid dienone is 2. The molecule has 1 saturated heterocycles. The van der Waals surface area contributed by atoms with E-state index in [1.807, 2.05) is 0 Å². The van der Waals surface area contributed by atoms with Gasteiger partial charge in [-0.2, -0.15) is 0 Å². The smallest absolute Gasteiger partial charge is 0.335 e. The first-order valence-electron chi connectivity index (χ1n) is 30.7. The van der Waals surface area contributed by atoms with Gasteiger partial charge in [-0.1, -0.05) is 251 Å². The fourth-order valence-electron chi connectivity index (χ4n) is 9.60. The molecule has 1 aliphatic heterocycles. The number of unbranched alkanes of at least 4 members (excludes halogenated alkanes) is 37. The largest absolute Gasteiger partial charge is 0.479 e. The van der Waals surface area contributed by atoms with Crippen molar-refractivity contribution in [3.8, 4) is 0 Å². The van der Waals surface area contributed by atoms with Gasteiger partial charge < -0.3 is 39.0 Å². The first kappa shape index (κ1) is 68.5. The molecule has 0 aliphatic carbocycles. The fraction of sp³-hybridized carbons (Fsp3) is 0.902. The van der Waals surface area contributed by atoms with Gasteiger partial charge in [-0.15, -0.1) is 0 Å². The van der Waals surface area contributed by atoms with Crippen LogP contribution in [-0.2, 0) is 42.9 Å². The van der Waals surface area contributed by atoms with Crippen LogP contribution >= 0.6 is 0 Å². The van der Waals surface area contributed by atoms with Crippen molar-refractivity contribution in [3.05, 3.63) is 12.2 Å². The molecule has 428 valence electrons. The lowest BCUT2D eigenvalue weighted by atomic mass is 9.98. The minimum absolute atomic E-state index is 0.0647. The number of esters is 3. The van der Waals surface area contributed by atoms with Crippen LogP contribution in [0.25, 0.3) is 0 Å². The summed E-state index contributed by atoms with van der Waals surface area (Å²) in [6.45, 7) is 6.00. The molecular weight excluding hydrogens is 925 g/mol. The third kappa shape index (κ3) is 40.4. The predicted octanol–water partition coefficient (Wildman–Crippen LogP) is 15.7. The molecule has 12 heteroatoms. The number of carboxylic acid groups (broad SMARTS) is 1. The molecule has 1 rings (SSSR count). The van der Waals surface area contributed by atoms with E-state index < -0.39 is 67.3 Å². The molecule has 0 spiro atoms. The van der Waals surface area contributed by atoms with E-state index in [2.05, 4.69) is 32.9 Å². The molecule has 1 aliphatic rings. The summed E-state index contributed by atoms with van der Waals surface area (Å²) < 4.78 is 28.4. The molecule has 0 aromatic heterocycles. The van der Waals surface area contributed by atoms with Gasteiger partial charge in [0, 0.05) is 19.3 Å². The van der Waals surface area contributed by atoms with Crippen molar-refractivity contribution < 1.29 is 58.2 Å². The normalized spacial score (nSPS) is 18.3. The van der Waals surface area contributed by atoms with Gasteiger partial charge in [0.25, 0.3) is 0 Å². The van der Waals surface area contributed by atoms with E-state index >= 15 is 0 Å². The summed E-state index contributed by atoms with van der Waals surface area (Å²) >= 11 is 0. The Morgan fingerprint density at radius 3 is 1.16 bits per heavy atom. The number of aliphatic carboxylic acids is 1. The Hall–Kier alpha value is -2.54. The zero-order chi connectivity index (χ0) is 53.3. The summed E-state index contributed by atoms with van der Waals surface area (Å²) in [5.41, 5.74) is 0. The molecule has 0 aromatic carbocycles. The lowest BCUT2D eigenvalue weighted by molar-refractivity contribution is -0.301. The number of aliphatic hydroxyl groups excluding tert-OH is 2. The third-order valence-corrected chi connectivity index (χ3v) is 14.3. The average molecular weight is 1040 g/mol. The van der Waals surface area contributed by atoms with Crippen molar-refractivity contribution in [1.29, 1.82) is 0 Å². The van der Waals surface area contributed by atoms with Crippen molar-refractivity contribution in [1.82, 2.24) is 0 Å². The van der Waals surface area contributed by atoms with Gasteiger partial charge in [-0.05, 0) is 44.9 Å². The van der Waals surface area contributed by atoms with E-state index in [4.69, 9.17) is 23.7 Å². The highest BCUT2D eigenvalue weighted by Gasteiger charge is 2.50. The standard InChI is InChI=1S/C61H112O12/c1-4-7-10-13-16-19-21-23-25-26-27-28-30-32-34-37-40-43-46-49-55(64)72-59-57(66)56(65)58(60(67)68)73-61(59)70-51-52(71-54(63)48-45-42-39-35-18-15-12-9-6-3)50-69-53(62)47-44-41-38-36-33-31-29-24-22-20-17-14-11-8-5-2/h23,25,52,56-59,61,65-66H,4-22,24,26-51H2,1-3H3,(H,67,68)/b25-23-. The van der Waals surface area contributed by atoms with Crippen molar-refractivity contribution in [2.24, 2.45) is 0 Å². The van der Waals surface area contributed by atoms with Crippen molar-refractivity contribution in [2.45, 2.75) is 340 Å². The highest BCUT2D eigenvalue weighted by Crippen LogP contribution is 2.27. The number of ether oxygens (including phenoxy) is 5. The van der Waals surface area contributed by atoms with Crippen LogP contribution in [0.4, 0.5) is 0 Å². The number of aliphatic hydroxyl groups is 2. The zero-order valence-corrected chi connectivity index (χ0v) is 47.2. The van der Waals surface area contributed by atoms with Gasteiger partial charge in [0.05, 0.1) is 6.61 Å². The molecule has 12 nitrogen and oxygen atoms in total. The Balaban J connectivity index is 2.60. The lowest BCUT2D eigenvalue weighted by Gasteiger charge is -2.40. The van der Waals surface area contributed by atoms with Crippen molar-refractivity contribution in [3.63, 3.8) is 0 Å². The van der Waals surface area contributed by atoms with Crippen LogP contribution in [0.2, 0.25) is 0 Å². The molecule has 0 amide bonds. The van der Waals surface area contributed by atoms with E-state index in [-0.39, 0.29) is 25.9 Å². The SMILES string of the molecule is CCCCCCCC/C=C\CCCCCCCCCCCC(=O)OC1C(OCC(COC(=O)CCCCCCCCCCCCCCCCC)OC(=O)CCCCCCCCCCC)OC(C(=O)O)C(O)C1O. The maximum absolute atomic E-state index is 13.1. The average Bonchev–Trinajstić information content (AvgIpc) is 3.37. The molecular formula is C61H112O12. The maximum atomic E-state index is 13.1. The fourth-order valence-corrected chi connectivity index (χ4v) is 9.60. The number of carboxylic acids is 1. The van der Waals surface area contributed by atoms with Crippen LogP contribution in [0.1, 0.15) is 303 Å². The number of hydrogen-bond acceptors (Lipinski definition) is 11. The molecule has 1 heterocycles. The predicted molar refractivity (Wildman–Crippen MR) is 294 cm³/mol. The van der Waals surface area contributed by atoms with Crippen LogP contribution in [0.3, 0.4) is 0 Å². The van der Waals surface area contributed by atoms with E-state index in [1.54, 1.807) is 0 Å². The zero-order valence-electron chi connectivity index (χ0n) is 47.2. The van der Waals surface area contributed by atoms with Crippen LogP contribution in [-0.4, -0.2) is 89.2 Å². The van der Waals surface area contributed by atoms with Gasteiger partial charge in [-0.3, -0.25) is 14.4 Å². The molecule has 6 unspecified atom stereocenters. The topological polar surface area (TPSA) is 175 Å². The van der Waals surface area contributed by atoms with Crippen molar-refractivity contribution >= 4 is 23.9 Å². The molecule has 0 bridgehead atoms. The first-order chi connectivity index (χ1) is 35.6. The minimum Gasteiger partial charge on any atom is -0.479 e. The molecule has 0 aromatic rings. The minimum atomic E-state index is -1.90. The monoisotopic (exact) mass is 1040 g/mol. The van der Waals surface area contributed by atoms with Crippen molar-refractivity contribution in [2.75, 3.05) is 13.2 Å². The van der Waals surface area contributed by atoms with E-state index in [0.717, 1.165) is 70.6 Å². The van der Waals surface area contributed by atoms with Crippen LogP contribution < -0.4 is 0 Å². The second-order valence-corrected chi connectivity index (χ2v) is 21.4. The van der Waals surface area contributed by atoms with Crippen LogP contribution in [0, 0.1) is 0 Å². The highest BCUT2D eigenvalue weighted by atomic mass is 16.7. The number of rotatable bonds is 53. The quantitative estimate of drug-likeness (QED) is 0.0228. The second kappa shape index (κ2) is 50.3. The number of carbonyl (C=O) groups excluding carboxylic acids is 3. The molecule has 1 fully saturated rings. The summed E-state index contributed by atoms with van der Waals surface area (Å²) in [6, 6.07) is 0. The molecule has 0 saturated carbocycles. The molecule has 0 radical (unpaired) electrons. The summed E-state index contributed by atoms with van der Waals surface area (Å²) in [7, 11) is 0. The Bertz CT molecular complexity index is 1320. The Morgan fingerprint density at radius 1 is 0.438 bits per heavy atom. The van der Waals surface area contributed by atoms with E-state index in [0.29, 0.717) is 19.3 Å². The summed E-state index contributed by atoms with van der Waals surface area (Å²) in [5.74, 6) is -3.08. The molecule has 73 heavy (non-hydrogen) atoms. The summed E-state index contributed by atoms with van der Waals surface area (Å²) in [4.78, 5) is 51.0. The Morgan fingerprint density at radius 2 is 0.781 bits per heavy atom. The van der Waals surface area contributed by atoms with E-state index in [9.17, 15) is 34.5 Å². The highest BCUT2D eigenvalue weighted by molar-refractivity contribution is 5.74. The summed E-state index contributed by atoms with van der Waals surface area (Å²) in [6.07, 6.45) is 43.3. The number of hydrogen-bond donors (Lipinski definition) is 3. The Kier molecular flexibility index (Phi) is 47.2. The maximum Gasteiger partial charge on any atom is 0.335 e. The second-order valence-electron chi connectivity index (χ2n) is 21.4. The summed E-state index contributed by atoms with van der Waals surface area (Å²) in [5, 5.41) is 31.5. The van der Waals surface area contributed by atoms with E-state index in [1.165, 1.54) is 173 Å². The Labute approximate surface area is 446 Å². The van der Waals surface area contributed by atoms with Gasteiger partial charge in [0.2, 0.25) is 0 Å². The number of carbonyl (C=O) groups is 4.